The zero-order valence-corrected chi connectivity index (χ0v) is 10.7. The normalized spacial score (nSPS) is 24.3. The highest BCUT2D eigenvalue weighted by atomic mass is 15.0. The number of nitrogens with one attached hydrogen (secondary N) is 1. The molecule has 2 heteroatoms. The third-order valence-electron chi connectivity index (χ3n) is 3.70. The fraction of sp³-hybridized carbons (Fsp3) is 0.643. The molecule has 1 saturated carbocycles. The van der Waals surface area contributed by atoms with Gasteiger partial charge in [0.15, 0.2) is 0 Å². The molecule has 0 aliphatic heterocycles. The number of hydrogen-bond acceptors (Lipinski definition) is 2. The van der Waals surface area contributed by atoms with E-state index in [0.717, 1.165) is 23.2 Å². The van der Waals surface area contributed by atoms with Crippen molar-refractivity contribution in [2.24, 2.45) is 11.8 Å². The Bertz CT molecular complexity index is 365. The highest BCUT2D eigenvalue weighted by Gasteiger charge is 2.31. The highest BCUT2D eigenvalue weighted by molar-refractivity contribution is 5.48. The van der Waals surface area contributed by atoms with Crippen LogP contribution in [0.1, 0.15) is 38.1 Å². The average molecular weight is 218 g/mol. The Labute approximate surface area is 98.5 Å². The largest absolute Gasteiger partial charge is 0.381 e. The first-order valence-corrected chi connectivity index (χ1v) is 6.27. The van der Waals surface area contributed by atoms with E-state index in [4.69, 9.17) is 0 Å². The van der Waals surface area contributed by atoms with E-state index in [-0.39, 0.29) is 0 Å². The smallest absolute Gasteiger partial charge is 0.0606 e. The number of rotatable bonds is 3. The van der Waals surface area contributed by atoms with Gasteiger partial charge in [-0.1, -0.05) is 13.8 Å². The van der Waals surface area contributed by atoms with Crippen LogP contribution in [-0.2, 0) is 0 Å². The lowest BCUT2D eigenvalue weighted by molar-refractivity contribution is 0.211. The van der Waals surface area contributed by atoms with Gasteiger partial charge in [0, 0.05) is 11.7 Å². The summed E-state index contributed by atoms with van der Waals surface area (Å²) in [6.45, 7) is 8.75. The van der Waals surface area contributed by atoms with Crippen LogP contribution in [-0.4, -0.2) is 11.0 Å². The molecular weight excluding hydrogens is 196 g/mol. The Kier molecular flexibility index (Phi) is 3.17. The minimum absolute atomic E-state index is 0.663. The van der Waals surface area contributed by atoms with Crippen LogP contribution in [0.5, 0.6) is 0 Å². The van der Waals surface area contributed by atoms with Gasteiger partial charge in [-0.15, -0.1) is 0 Å². The minimum Gasteiger partial charge on any atom is -0.381 e. The molecule has 0 bridgehead atoms. The lowest BCUT2D eigenvalue weighted by Crippen LogP contribution is -2.38. The molecule has 0 aromatic carbocycles. The van der Waals surface area contributed by atoms with Crippen molar-refractivity contribution in [1.29, 1.82) is 0 Å². The molecule has 2 rings (SSSR count). The number of pyridine rings is 1. The van der Waals surface area contributed by atoms with Crippen LogP contribution >= 0.6 is 0 Å². The molecule has 1 aliphatic rings. The molecule has 1 aliphatic carbocycles. The summed E-state index contributed by atoms with van der Waals surface area (Å²) in [6.07, 6.45) is 2.62. The van der Waals surface area contributed by atoms with Gasteiger partial charge in [0.2, 0.25) is 0 Å². The molecular formula is C14H22N2. The summed E-state index contributed by atoms with van der Waals surface area (Å²) in [5.74, 6) is 1.74. The third kappa shape index (κ3) is 2.37. The maximum Gasteiger partial charge on any atom is 0.0606 e. The second kappa shape index (κ2) is 4.44. The number of aromatic nitrogens is 1. The maximum absolute atomic E-state index is 4.48. The second-order valence-corrected chi connectivity index (χ2v) is 5.40. The summed E-state index contributed by atoms with van der Waals surface area (Å²) in [4.78, 5) is 4.48. The van der Waals surface area contributed by atoms with E-state index in [9.17, 15) is 0 Å². The van der Waals surface area contributed by atoms with Crippen molar-refractivity contribution in [1.82, 2.24) is 4.98 Å². The molecule has 0 saturated heterocycles. The SMILES string of the molecule is Cc1ccc(NC2CC(C(C)C)C2)c(C)n1. The summed E-state index contributed by atoms with van der Waals surface area (Å²) >= 11 is 0. The van der Waals surface area contributed by atoms with Gasteiger partial charge >= 0.3 is 0 Å². The number of nitrogens with zero attached hydrogens (tertiary/aromatic N) is 1. The standard InChI is InChI=1S/C14H22N2/c1-9(2)12-7-13(8-12)16-14-6-5-10(3)15-11(14)4/h5-6,9,12-13,16H,7-8H2,1-4H3. The van der Waals surface area contributed by atoms with Crippen LogP contribution in [0.15, 0.2) is 12.1 Å². The van der Waals surface area contributed by atoms with E-state index in [1.54, 1.807) is 0 Å². The highest BCUT2D eigenvalue weighted by Crippen LogP contribution is 2.35. The monoisotopic (exact) mass is 218 g/mol. The van der Waals surface area contributed by atoms with Gasteiger partial charge in [-0.3, -0.25) is 4.98 Å². The Balaban J connectivity index is 1.91. The first-order valence-electron chi connectivity index (χ1n) is 6.27. The van der Waals surface area contributed by atoms with Gasteiger partial charge in [-0.05, 0) is 50.7 Å². The van der Waals surface area contributed by atoms with Crippen molar-refractivity contribution in [2.75, 3.05) is 5.32 Å². The molecule has 1 fully saturated rings. The predicted molar refractivity (Wildman–Crippen MR) is 68.7 cm³/mol. The topological polar surface area (TPSA) is 24.9 Å². The minimum atomic E-state index is 0.663. The molecule has 0 unspecified atom stereocenters. The molecule has 88 valence electrons. The molecule has 2 nitrogen and oxygen atoms in total. The Hall–Kier alpha value is -1.05. The van der Waals surface area contributed by atoms with E-state index in [0.29, 0.717) is 6.04 Å². The van der Waals surface area contributed by atoms with Gasteiger partial charge in [-0.25, -0.2) is 0 Å². The van der Waals surface area contributed by atoms with Gasteiger partial charge in [-0.2, -0.15) is 0 Å². The lowest BCUT2D eigenvalue weighted by Gasteiger charge is -2.39. The third-order valence-corrected chi connectivity index (χ3v) is 3.70. The Morgan fingerprint density at radius 1 is 1.25 bits per heavy atom. The van der Waals surface area contributed by atoms with Crippen molar-refractivity contribution in [3.8, 4) is 0 Å². The quantitative estimate of drug-likeness (QED) is 0.839. The first-order chi connectivity index (χ1) is 7.56. The van der Waals surface area contributed by atoms with Crippen LogP contribution in [0, 0.1) is 25.7 Å². The average Bonchev–Trinajstić information content (AvgIpc) is 2.12. The van der Waals surface area contributed by atoms with Gasteiger partial charge in [0.05, 0.1) is 11.4 Å². The summed E-state index contributed by atoms with van der Waals surface area (Å²) < 4.78 is 0. The van der Waals surface area contributed by atoms with Crippen molar-refractivity contribution >= 4 is 5.69 Å². The molecule has 16 heavy (non-hydrogen) atoms. The molecule has 0 amide bonds. The summed E-state index contributed by atoms with van der Waals surface area (Å²) in [6, 6.07) is 4.89. The number of hydrogen-bond donors (Lipinski definition) is 1. The molecule has 0 radical (unpaired) electrons. The fourth-order valence-corrected chi connectivity index (χ4v) is 2.38. The van der Waals surface area contributed by atoms with E-state index in [1.165, 1.54) is 18.5 Å². The van der Waals surface area contributed by atoms with Crippen LogP contribution in [0.25, 0.3) is 0 Å². The van der Waals surface area contributed by atoms with Crippen molar-refractivity contribution < 1.29 is 0 Å². The number of aryl methyl sites for hydroxylation is 2. The molecule has 1 heterocycles. The van der Waals surface area contributed by atoms with Gasteiger partial charge < -0.3 is 5.32 Å². The van der Waals surface area contributed by atoms with E-state index >= 15 is 0 Å². The van der Waals surface area contributed by atoms with E-state index < -0.39 is 0 Å². The first kappa shape index (κ1) is 11.4. The Morgan fingerprint density at radius 3 is 2.50 bits per heavy atom. The maximum atomic E-state index is 4.48. The van der Waals surface area contributed by atoms with Crippen LogP contribution in [0.4, 0.5) is 5.69 Å². The van der Waals surface area contributed by atoms with Crippen LogP contribution < -0.4 is 5.32 Å². The summed E-state index contributed by atoms with van der Waals surface area (Å²) in [5, 5.41) is 3.60. The molecule has 0 atom stereocenters. The van der Waals surface area contributed by atoms with Crippen LogP contribution in [0.3, 0.4) is 0 Å². The van der Waals surface area contributed by atoms with Crippen molar-refractivity contribution in [2.45, 2.75) is 46.6 Å². The second-order valence-electron chi connectivity index (χ2n) is 5.40. The summed E-state index contributed by atoms with van der Waals surface area (Å²) in [5.41, 5.74) is 3.42. The Morgan fingerprint density at radius 2 is 1.94 bits per heavy atom. The van der Waals surface area contributed by atoms with Gasteiger partial charge in [0.1, 0.15) is 0 Å². The molecule has 0 spiro atoms. The van der Waals surface area contributed by atoms with Crippen molar-refractivity contribution in [3.05, 3.63) is 23.5 Å². The predicted octanol–water partition coefficient (Wildman–Crippen LogP) is 3.54. The summed E-state index contributed by atoms with van der Waals surface area (Å²) in [7, 11) is 0. The molecule has 1 aromatic heterocycles. The van der Waals surface area contributed by atoms with E-state index in [1.807, 2.05) is 6.92 Å². The number of anilines is 1. The van der Waals surface area contributed by atoms with Gasteiger partial charge in [0.25, 0.3) is 0 Å². The molecule has 1 aromatic rings. The zero-order valence-electron chi connectivity index (χ0n) is 10.7. The molecule has 1 N–H and O–H groups in total. The van der Waals surface area contributed by atoms with Crippen molar-refractivity contribution in [3.63, 3.8) is 0 Å². The lowest BCUT2D eigenvalue weighted by atomic mass is 9.73. The fourth-order valence-electron chi connectivity index (χ4n) is 2.38. The zero-order chi connectivity index (χ0) is 11.7. The van der Waals surface area contributed by atoms with Crippen LogP contribution in [0.2, 0.25) is 0 Å². The van der Waals surface area contributed by atoms with E-state index in [2.05, 4.69) is 43.2 Å².